The lowest BCUT2D eigenvalue weighted by molar-refractivity contribution is 0.623. The summed E-state index contributed by atoms with van der Waals surface area (Å²) in [5.41, 5.74) is 5.16. The number of guanidine groups is 1. The first-order valence-electron chi connectivity index (χ1n) is 2.87. The van der Waals surface area contributed by atoms with Crippen molar-refractivity contribution in [2.75, 3.05) is 0 Å². The first kappa shape index (κ1) is 8.88. The molecule has 1 rings (SSSR count). The number of hydrogen-bond acceptors (Lipinski definition) is 4. The van der Waals surface area contributed by atoms with Crippen molar-refractivity contribution < 1.29 is 8.42 Å². The first-order chi connectivity index (χ1) is 5.68. The van der Waals surface area contributed by atoms with Gasteiger partial charge in [0, 0.05) is 0 Å². The second kappa shape index (κ2) is 3.98. The predicted octanol–water partition coefficient (Wildman–Crippen LogP) is 0.757. The smallest absolute Gasteiger partial charge is 0.319 e. The third-order valence-electron chi connectivity index (χ3n) is 0.899. The summed E-state index contributed by atoms with van der Waals surface area (Å²) in [6.45, 7) is 0. The van der Waals surface area contributed by atoms with E-state index in [1.54, 1.807) is 17.5 Å². The van der Waals surface area contributed by atoms with Gasteiger partial charge in [-0.05, 0) is 17.5 Å². The standard InChI is InChI=1S/C5H5N3O2S2/c6-5(8-12(9)10)7-4-2-1-3-11-4/h1-3H,(H2,6,7). The lowest BCUT2D eigenvalue weighted by Crippen LogP contribution is -2.06. The van der Waals surface area contributed by atoms with E-state index in [0.717, 1.165) is 0 Å². The Morgan fingerprint density at radius 2 is 2.33 bits per heavy atom. The molecule has 5 nitrogen and oxygen atoms in total. The van der Waals surface area contributed by atoms with Crippen LogP contribution in [0.1, 0.15) is 0 Å². The lowest BCUT2D eigenvalue weighted by atomic mass is 10.6. The first-order valence-corrected chi connectivity index (χ1v) is 4.78. The van der Waals surface area contributed by atoms with Crippen molar-refractivity contribution >= 4 is 32.8 Å². The summed E-state index contributed by atoms with van der Waals surface area (Å²) in [7, 11) is -2.53. The average Bonchev–Trinajstić information content (AvgIpc) is 2.37. The van der Waals surface area contributed by atoms with Crippen LogP contribution < -0.4 is 5.73 Å². The van der Waals surface area contributed by atoms with Crippen LogP contribution in [0.3, 0.4) is 0 Å². The number of nitrogens with zero attached hydrogens (tertiary/aromatic N) is 2. The summed E-state index contributed by atoms with van der Waals surface area (Å²) >= 11 is 1.35. The maximum Gasteiger partial charge on any atom is 0.319 e. The molecule has 0 radical (unpaired) electrons. The zero-order chi connectivity index (χ0) is 8.97. The van der Waals surface area contributed by atoms with Crippen molar-refractivity contribution in [1.82, 2.24) is 0 Å². The molecular weight excluding hydrogens is 198 g/mol. The highest BCUT2D eigenvalue weighted by atomic mass is 32.2. The number of hydrogen-bond donors (Lipinski definition) is 1. The van der Waals surface area contributed by atoms with E-state index >= 15 is 0 Å². The van der Waals surface area contributed by atoms with Crippen LogP contribution in [0, 0.1) is 0 Å². The Balaban J connectivity index is 2.91. The van der Waals surface area contributed by atoms with E-state index in [-0.39, 0.29) is 5.96 Å². The van der Waals surface area contributed by atoms with E-state index in [0.29, 0.717) is 5.00 Å². The maximum atomic E-state index is 10.0. The second-order valence-electron chi connectivity index (χ2n) is 1.73. The van der Waals surface area contributed by atoms with E-state index in [4.69, 9.17) is 5.73 Å². The summed E-state index contributed by atoms with van der Waals surface area (Å²) in [6.07, 6.45) is 0. The third kappa shape index (κ3) is 2.81. The van der Waals surface area contributed by atoms with Crippen molar-refractivity contribution in [3.8, 4) is 0 Å². The topological polar surface area (TPSA) is 84.9 Å². The molecule has 0 saturated heterocycles. The molecule has 7 heteroatoms. The van der Waals surface area contributed by atoms with E-state index in [1.807, 2.05) is 0 Å². The average molecular weight is 203 g/mol. The molecular formula is C5H5N3O2S2. The van der Waals surface area contributed by atoms with E-state index in [2.05, 4.69) is 9.36 Å². The molecule has 0 aliphatic carbocycles. The molecule has 0 fully saturated rings. The minimum Gasteiger partial charge on any atom is -0.367 e. The molecule has 0 bridgehead atoms. The fourth-order valence-corrected chi connectivity index (χ4v) is 1.34. The molecule has 1 aromatic heterocycles. The molecule has 0 amide bonds. The van der Waals surface area contributed by atoms with Crippen molar-refractivity contribution in [3.63, 3.8) is 0 Å². The lowest BCUT2D eigenvalue weighted by Gasteiger charge is -1.84. The SMILES string of the molecule is NC(=Nc1cccs1)N=S(=O)=O. The van der Waals surface area contributed by atoms with Gasteiger partial charge in [0.25, 0.3) is 0 Å². The monoisotopic (exact) mass is 203 g/mol. The summed E-state index contributed by atoms with van der Waals surface area (Å²) < 4.78 is 23.0. The van der Waals surface area contributed by atoms with Crippen LogP contribution in [0.25, 0.3) is 0 Å². The Kier molecular flexibility index (Phi) is 2.94. The number of nitrogens with two attached hydrogens (primary N) is 1. The van der Waals surface area contributed by atoms with Crippen molar-refractivity contribution in [2.24, 2.45) is 15.1 Å². The normalized spacial score (nSPS) is 11.2. The molecule has 12 heavy (non-hydrogen) atoms. The highest BCUT2D eigenvalue weighted by molar-refractivity contribution is 7.62. The third-order valence-corrected chi connectivity index (χ3v) is 2.00. The molecule has 0 saturated carbocycles. The van der Waals surface area contributed by atoms with E-state index < -0.39 is 10.5 Å². The summed E-state index contributed by atoms with van der Waals surface area (Å²) in [6, 6.07) is 3.49. The molecule has 0 aliphatic rings. The Morgan fingerprint density at radius 1 is 1.58 bits per heavy atom. The molecule has 2 N–H and O–H groups in total. The highest BCUT2D eigenvalue weighted by Gasteiger charge is 1.91. The molecule has 1 heterocycles. The molecule has 0 aliphatic heterocycles. The Hall–Kier alpha value is -1.21. The Labute approximate surface area is 74.3 Å². The van der Waals surface area contributed by atoms with Crippen molar-refractivity contribution in [3.05, 3.63) is 17.5 Å². The van der Waals surface area contributed by atoms with Gasteiger partial charge in [-0.15, -0.1) is 11.3 Å². The zero-order valence-electron chi connectivity index (χ0n) is 5.84. The molecule has 0 unspecified atom stereocenters. The maximum absolute atomic E-state index is 10.0. The van der Waals surface area contributed by atoms with Crippen LogP contribution in [0.15, 0.2) is 26.9 Å². The number of thiophene rings is 1. The van der Waals surface area contributed by atoms with Crippen LogP contribution in [0.4, 0.5) is 5.00 Å². The number of aliphatic imine (C=N–C) groups is 1. The summed E-state index contributed by atoms with van der Waals surface area (Å²) in [5, 5.41) is 2.43. The zero-order valence-corrected chi connectivity index (χ0v) is 7.47. The molecule has 1 aromatic rings. The molecule has 0 atom stereocenters. The van der Waals surface area contributed by atoms with Crippen LogP contribution >= 0.6 is 11.3 Å². The van der Waals surface area contributed by atoms with Gasteiger partial charge in [0.2, 0.25) is 5.96 Å². The molecule has 64 valence electrons. The van der Waals surface area contributed by atoms with Gasteiger partial charge in [-0.2, -0.15) is 8.42 Å². The van der Waals surface area contributed by atoms with Gasteiger partial charge in [-0.3, -0.25) is 0 Å². The van der Waals surface area contributed by atoms with Gasteiger partial charge in [0.1, 0.15) is 5.00 Å². The number of rotatable bonds is 1. The largest absolute Gasteiger partial charge is 0.367 e. The van der Waals surface area contributed by atoms with E-state index in [9.17, 15) is 8.42 Å². The van der Waals surface area contributed by atoms with Gasteiger partial charge in [-0.25, -0.2) is 4.99 Å². The molecule has 0 aromatic carbocycles. The van der Waals surface area contributed by atoms with Crippen LogP contribution in [0.2, 0.25) is 0 Å². The minimum absolute atomic E-state index is 0.259. The van der Waals surface area contributed by atoms with Gasteiger partial charge in [0.15, 0.2) is 0 Å². The van der Waals surface area contributed by atoms with Gasteiger partial charge in [0.05, 0.1) is 0 Å². The van der Waals surface area contributed by atoms with Gasteiger partial charge >= 0.3 is 10.5 Å². The minimum atomic E-state index is -2.53. The summed E-state index contributed by atoms with van der Waals surface area (Å²) in [5.74, 6) is -0.259. The predicted molar refractivity (Wildman–Crippen MR) is 46.9 cm³/mol. The quantitative estimate of drug-likeness (QED) is 0.540. The summed E-state index contributed by atoms with van der Waals surface area (Å²) in [4.78, 5) is 3.71. The fraction of sp³-hybridized carbons (Fsp3) is 0. The Bertz CT molecular complexity index is 396. The van der Waals surface area contributed by atoms with Crippen molar-refractivity contribution in [2.45, 2.75) is 0 Å². The van der Waals surface area contributed by atoms with Crippen LogP contribution in [0.5, 0.6) is 0 Å². The highest BCUT2D eigenvalue weighted by Crippen LogP contribution is 2.18. The van der Waals surface area contributed by atoms with Crippen molar-refractivity contribution in [1.29, 1.82) is 0 Å². The molecule has 0 spiro atoms. The van der Waals surface area contributed by atoms with E-state index in [1.165, 1.54) is 11.3 Å². The van der Waals surface area contributed by atoms with Gasteiger partial charge < -0.3 is 5.73 Å². The Morgan fingerprint density at radius 3 is 2.83 bits per heavy atom. The van der Waals surface area contributed by atoms with Crippen LogP contribution in [-0.4, -0.2) is 14.4 Å². The van der Waals surface area contributed by atoms with Crippen LogP contribution in [-0.2, 0) is 10.5 Å². The fourth-order valence-electron chi connectivity index (χ4n) is 0.543. The van der Waals surface area contributed by atoms with Gasteiger partial charge in [-0.1, -0.05) is 4.36 Å². The second-order valence-corrected chi connectivity index (χ2v) is 3.27.